The molecule has 1 amide bonds. The van der Waals surface area contributed by atoms with Crippen LogP contribution in [0.2, 0.25) is 0 Å². The Morgan fingerprint density at radius 3 is 2.58 bits per heavy atom. The van der Waals surface area contributed by atoms with Gasteiger partial charge in [-0.25, -0.2) is 0 Å². The Hall–Kier alpha value is -3.48. The van der Waals surface area contributed by atoms with Gasteiger partial charge in [0.05, 0.1) is 12.6 Å². The fourth-order valence-corrected chi connectivity index (χ4v) is 4.20. The summed E-state index contributed by atoms with van der Waals surface area (Å²) in [6.45, 7) is 3.98. The Bertz CT molecular complexity index is 1380. The van der Waals surface area contributed by atoms with Crippen LogP contribution in [0.3, 0.4) is 0 Å². The van der Waals surface area contributed by atoms with Crippen molar-refractivity contribution in [2.75, 3.05) is 12.8 Å². The molecule has 4 heterocycles. The lowest BCUT2D eigenvalue weighted by atomic mass is 10.1. The third-order valence-electron chi connectivity index (χ3n) is 5.32. The van der Waals surface area contributed by atoms with Gasteiger partial charge in [-0.2, -0.15) is 4.40 Å². The molecule has 0 unspecified atom stereocenters. The maximum absolute atomic E-state index is 12.2. The molecule has 5 rings (SSSR count). The van der Waals surface area contributed by atoms with E-state index in [0.29, 0.717) is 11.4 Å². The number of primary amides is 1. The van der Waals surface area contributed by atoms with E-state index in [1.807, 2.05) is 48.8 Å². The Morgan fingerprint density at radius 2 is 1.88 bits per heavy atom. The number of methoxy groups -OCH3 is 1. The number of imidazole rings is 1. The maximum Gasteiger partial charge on any atom is 0.292 e. The van der Waals surface area contributed by atoms with Crippen LogP contribution in [0.4, 0.5) is 5.82 Å². The van der Waals surface area contributed by atoms with E-state index < -0.39 is 5.91 Å². The molecule has 1 aromatic carbocycles. The zero-order valence-electron chi connectivity index (χ0n) is 14.7. The van der Waals surface area contributed by atoms with Crippen molar-refractivity contribution in [3.63, 3.8) is 0 Å². The summed E-state index contributed by atoms with van der Waals surface area (Å²) < 4.78 is 11.6. The number of fused-ring (bicyclic) bond motifs is 3. The van der Waals surface area contributed by atoms with Crippen molar-refractivity contribution in [1.29, 1.82) is 0 Å². The minimum Gasteiger partial charge on any atom is -0.496 e. The van der Waals surface area contributed by atoms with Gasteiger partial charge in [0.1, 0.15) is 11.3 Å². The Balaban J connectivity index is 2.24. The first kappa shape index (κ1) is 14.8. The van der Waals surface area contributed by atoms with Crippen molar-refractivity contribution in [1.82, 2.24) is 8.80 Å². The van der Waals surface area contributed by atoms with Crippen molar-refractivity contribution < 1.29 is 13.9 Å². The van der Waals surface area contributed by atoms with Crippen LogP contribution in [0.5, 0.6) is 5.75 Å². The van der Waals surface area contributed by atoms with Crippen molar-refractivity contribution in [3.05, 3.63) is 47.4 Å². The molecule has 0 fully saturated rings. The predicted octanol–water partition coefficient (Wildman–Crippen LogP) is 1.83. The van der Waals surface area contributed by atoms with Gasteiger partial charge in [0.15, 0.2) is 16.7 Å². The highest BCUT2D eigenvalue weighted by atomic mass is 16.5. The molecule has 0 saturated heterocycles. The fraction of sp³-hybridized carbons (Fsp3) is 0.158. The summed E-state index contributed by atoms with van der Waals surface area (Å²) in [6.07, 6.45) is 4.03. The minimum atomic E-state index is -0.530. The lowest BCUT2D eigenvalue weighted by molar-refractivity contribution is -0.461. The molecule has 0 spiro atoms. The third-order valence-corrected chi connectivity index (χ3v) is 5.32. The highest BCUT2D eigenvalue weighted by Gasteiger charge is 2.31. The van der Waals surface area contributed by atoms with Gasteiger partial charge in [-0.3, -0.25) is 14.9 Å². The Morgan fingerprint density at radius 1 is 1.15 bits per heavy atom. The predicted molar refractivity (Wildman–Crippen MR) is 99.2 cm³/mol. The number of rotatable bonds is 2. The van der Waals surface area contributed by atoms with Crippen molar-refractivity contribution in [3.8, 4) is 5.75 Å². The average Bonchev–Trinajstić information content (AvgIpc) is 3.15. The highest BCUT2D eigenvalue weighted by molar-refractivity contribution is 6.12. The van der Waals surface area contributed by atoms with Gasteiger partial charge in [0.2, 0.25) is 0 Å². The molecule has 4 aromatic heterocycles. The molecule has 0 aliphatic rings. The molecule has 0 aliphatic carbocycles. The van der Waals surface area contributed by atoms with E-state index in [9.17, 15) is 4.79 Å². The van der Waals surface area contributed by atoms with Crippen LogP contribution in [-0.2, 0) is 0 Å². The second kappa shape index (κ2) is 4.57. The third kappa shape index (κ3) is 1.49. The van der Waals surface area contributed by atoms with Crippen LogP contribution in [0, 0.1) is 13.8 Å². The van der Waals surface area contributed by atoms with E-state index in [4.69, 9.17) is 16.2 Å². The summed E-state index contributed by atoms with van der Waals surface area (Å²) in [6, 6.07) is 5.90. The van der Waals surface area contributed by atoms with Gasteiger partial charge in [-0.1, -0.05) is 0 Å². The number of nitrogens with zero attached hydrogens (tertiary/aromatic N) is 3. The lowest BCUT2D eigenvalue weighted by Crippen LogP contribution is -2.28. The number of amides is 1. The second-order valence-electron chi connectivity index (χ2n) is 6.63. The average molecular weight is 348 g/mol. The number of benzene rings is 1. The fourth-order valence-electron chi connectivity index (χ4n) is 4.20. The zero-order chi connectivity index (χ0) is 18.3. The largest absolute Gasteiger partial charge is 0.496 e. The quantitative estimate of drug-likeness (QED) is 0.377. The van der Waals surface area contributed by atoms with E-state index in [2.05, 4.69) is 8.80 Å². The summed E-state index contributed by atoms with van der Waals surface area (Å²) in [4.78, 5) is 12.2. The summed E-state index contributed by atoms with van der Waals surface area (Å²) >= 11 is 0. The van der Waals surface area contributed by atoms with Gasteiger partial charge >= 0.3 is 0 Å². The van der Waals surface area contributed by atoms with Crippen molar-refractivity contribution in [2.24, 2.45) is 5.73 Å². The van der Waals surface area contributed by atoms with Crippen molar-refractivity contribution in [2.45, 2.75) is 13.8 Å². The van der Waals surface area contributed by atoms with Crippen LogP contribution in [0.25, 0.3) is 27.6 Å². The monoisotopic (exact) mass is 348 g/mol. The van der Waals surface area contributed by atoms with E-state index in [1.165, 1.54) is 0 Å². The van der Waals surface area contributed by atoms with E-state index >= 15 is 0 Å². The molecule has 26 heavy (non-hydrogen) atoms. The molecule has 4 N–H and O–H groups in total. The molecule has 0 atom stereocenters. The first-order valence-electron chi connectivity index (χ1n) is 8.30. The minimum absolute atomic E-state index is 0.352. The lowest BCUT2D eigenvalue weighted by Gasteiger charge is -2.11. The molecule has 7 heteroatoms. The zero-order valence-corrected chi connectivity index (χ0v) is 14.7. The molecule has 0 bridgehead atoms. The maximum atomic E-state index is 12.2. The topological polar surface area (TPSA) is 91.3 Å². The van der Waals surface area contributed by atoms with Crippen LogP contribution >= 0.6 is 0 Å². The summed E-state index contributed by atoms with van der Waals surface area (Å²) in [5.41, 5.74) is 18.1. The number of hydrogen-bond acceptors (Lipinski definition) is 3. The molecular formula is C19H18N5O2+. The standard InChI is InChI=1S/C19H17N5O2/c1-9-8-11-14(18(21)25)17(20)24-15-10(2)13(26-3)5-4-12(15)23-7-6-22(9)19(23)16(11)24/h4-8,20H,1-3H3,(H2,21,25)/p+1. The van der Waals surface area contributed by atoms with Crippen LogP contribution in [0.1, 0.15) is 21.6 Å². The molecular weight excluding hydrogens is 330 g/mol. The van der Waals surface area contributed by atoms with Crippen LogP contribution in [0.15, 0.2) is 30.6 Å². The first-order valence-corrected chi connectivity index (χ1v) is 8.30. The van der Waals surface area contributed by atoms with E-state index in [1.54, 1.807) is 7.11 Å². The normalized spacial score (nSPS) is 12.1. The number of nitrogen functional groups attached to an aromatic ring is 1. The number of hydrogen-bond donors (Lipinski definition) is 2. The molecule has 0 saturated carbocycles. The summed E-state index contributed by atoms with van der Waals surface area (Å²) in [7, 11) is 1.64. The number of nitrogens with two attached hydrogens (primary N) is 2. The van der Waals surface area contributed by atoms with Crippen LogP contribution in [-0.4, -0.2) is 21.8 Å². The molecule has 5 aromatic rings. The van der Waals surface area contributed by atoms with E-state index in [-0.39, 0.29) is 0 Å². The van der Waals surface area contributed by atoms with Crippen molar-refractivity contribution >= 4 is 39.3 Å². The molecule has 130 valence electrons. The van der Waals surface area contributed by atoms with Crippen LogP contribution < -0.4 is 20.6 Å². The number of anilines is 1. The second-order valence-corrected chi connectivity index (χ2v) is 6.63. The molecule has 7 nitrogen and oxygen atoms in total. The summed E-state index contributed by atoms with van der Waals surface area (Å²) in [5, 5.41) is 0.764. The van der Waals surface area contributed by atoms with Gasteiger partial charge in [0, 0.05) is 29.0 Å². The molecule has 0 radical (unpaired) electrons. The van der Waals surface area contributed by atoms with Gasteiger partial charge < -0.3 is 14.9 Å². The van der Waals surface area contributed by atoms with Gasteiger partial charge in [0.25, 0.3) is 11.7 Å². The number of aryl methyl sites for hydroxylation is 2. The number of carbonyl (C=O) groups excluding carboxylic acids is 1. The van der Waals surface area contributed by atoms with E-state index in [0.717, 1.165) is 44.6 Å². The Labute approximate surface area is 148 Å². The number of aromatic nitrogens is 3. The first-order chi connectivity index (χ1) is 12.5. The summed E-state index contributed by atoms with van der Waals surface area (Å²) in [5.74, 6) is 0.583. The number of pyridine rings is 1. The Kier molecular flexibility index (Phi) is 2.61. The van der Waals surface area contributed by atoms with Gasteiger partial charge in [-0.15, -0.1) is 0 Å². The van der Waals surface area contributed by atoms with Gasteiger partial charge in [-0.05, 0) is 32.0 Å². The highest BCUT2D eigenvalue weighted by Crippen LogP contribution is 2.34. The SMILES string of the molecule is COc1ccc2c(c1C)[n+]1c(N)c(C(N)=O)c3cc(C)n4ccn2c4c31. The smallest absolute Gasteiger partial charge is 0.292 e. The molecule has 0 aliphatic heterocycles. The number of carbonyl (C=O) groups is 1. The number of ether oxygens (including phenoxy) is 1.